The molecule has 1 aliphatic rings. The Labute approximate surface area is 125 Å². The topological polar surface area (TPSA) is 70.6 Å². The quantitative estimate of drug-likeness (QED) is 0.791. The minimum absolute atomic E-state index is 0.0271. The molecule has 0 aromatic heterocycles. The number of carbonyl (C=O) groups excluding carboxylic acids is 1. The number of amides is 2. The zero-order chi connectivity index (χ0) is 15.5. The number of nitrogens with one attached hydrogen (secondary N) is 2. The van der Waals surface area contributed by atoms with Crippen molar-refractivity contribution in [2.24, 2.45) is 5.41 Å². The van der Waals surface area contributed by atoms with Crippen molar-refractivity contribution in [1.82, 2.24) is 10.6 Å². The molecule has 0 saturated heterocycles. The number of benzene rings is 1. The van der Waals surface area contributed by atoms with Gasteiger partial charge >= 0.3 is 6.03 Å². The van der Waals surface area contributed by atoms with E-state index in [-0.39, 0.29) is 24.1 Å². The van der Waals surface area contributed by atoms with E-state index in [0.717, 1.165) is 12.2 Å². The molecule has 0 spiro atoms. The van der Waals surface area contributed by atoms with Crippen LogP contribution < -0.4 is 15.4 Å². The van der Waals surface area contributed by atoms with E-state index in [9.17, 15) is 9.90 Å². The first-order valence-electron chi connectivity index (χ1n) is 7.30. The Morgan fingerprint density at radius 3 is 2.76 bits per heavy atom. The third-order valence-electron chi connectivity index (χ3n) is 3.66. The zero-order valence-electron chi connectivity index (χ0n) is 12.8. The van der Waals surface area contributed by atoms with Gasteiger partial charge in [0.1, 0.15) is 11.9 Å². The highest BCUT2D eigenvalue weighted by atomic mass is 16.5. The average molecular weight is 292 g/mol. The summed E-state index contributed by atoms with van der Waals surface area (Å²) in [5, 5.41) is 15.3. The molecular formula is C16H24N2O3. The van der Waals surface area contributed by atoms with Gasteiger partial charge in [-0.2, -0.15) is 0 Å². The van der Waals surface area contributed by atoms with E-state index in [4.69, 9.17) is 4.74 Å². The molecule has 1 aromatic rings. The standard InChI is InChI=1S/C16H24N2O3/c1-16(2,3)14(19)10-18-15(20)17-9-12-8-11-6-4-5-7-13(11)21-12/h4-7,12,14,19H,8-10H2,1-3H3,(H2,17,18,20). The fourth-order valence-electron chi connectivity index (χ4n) is 2.13. The van der Waals surface area contributed by atoms with Gasteiger partial charge in [0, 0.05) is 13.0 Å². The maximum atomic E-state index is 11.7. The lowest BCUT2D eigenvalue weighted by Gasteiger charge is -2.26. The van der Waals surface area contributed by atoms with Gasteiger partial charge in [0.05, 0.1) is 12.6 Å². The second-order valence-corrected chi connectivity index (χ2v) is 6.52. The Morgan fingerprint density at radius 1 is 1.38 bits per heavy atom. The highest BCUT2D eigenvalue weighted by Gasteiger charge is 2.24. The summed E-state index contributed by atoms with van der Waals surface area (Å²) in [6.45, 7) is 6.48. The van der Waals surface area contributed by atoms with Crippen LogP contribution in [-0.4, -0.2) is 36.4 Å². The summed E-state index contributed by atoms with van der Waals surface area (Å²) in [5.41, 5.74) is 0.927. The van der Waals surface area contributed by atoms with Gasteiger partial charge < -0.3 is 20.5 Å². The first-order chi connectivity index (χ1) is 9.86. The first-order valence-corrected chi connectivity index (χ1v) is 7.30. The van der Waals surface area contributed by atoms with Gasteiger partial charge in [-0.05, 0) is 17.0 Å². The van der Waals surface area contributed by atoms with Crippen molar-refractivity contribution < 1.29 is 14.6 Å². The van der Waals surface area contributed by atoms with Crippen LogP contribution in [-0.2, 0) is 6.42 Å². The normalized spacial score (nSPS) is 18.6. The zero-order valence-corrected chi connectivity index (χ0v) is 12.8. The van der Waals surface area contributed by atoms with Crippen molar-refractivity contribution in [2.75, 3.05) is 13.1 Å². The Bertz CT molecular complexity index is 472. The Hall–Kier alpha value is -1.75. The Kier molecular flexibility index (Phi) is 4.73. The molecule has 5 nitrogen and oxygen atoms in total. The lowest BCUT2D eigenvalue weighted by Crippen LogP contribution is -2.45. The molecule has 5 heteroatoms. The van der Waals surface area contributed by atoms with Gasteiger partial charge in [0.15, 0.2) is 0 Å². The fraction of sp³-hybridized carbons (Fsp3) is 0.562. The van der Waals surface area contributed by atoms with Gasteiger partial charge in [0.2, 0.25) is 0 Å². The lowest BCUT2D eigenvalue weighted by molar-refractivity contribution is 0.0649. The molecule has 0 aliphatic carbocycles. The van der Waals surface area contributed by atoms with Crippen molar-refractivity contribution in [3.05, 3.63) is 29.8 Å². The minimum atomic E-state index is -0.574. The van der Waals surface area contributed by atoms with Crippen LogP contribution in [0.15, 0.2) is 24.3 Å². The van der Waals surface area contributed by atoms with Crippen LogP contribution in [0.1, 0.15) is 26.3 Å². The molecule has 116 valence electrons. The second-order valence-electron chi connectivity index (χ2n) is 6.52. The summed E-state index contributed by atoms with van der Waals surface area (Å²) in [4.78, 5) is 11.7. The van der Waals surface area contributed by atoms with Crippen LogP contribution in [0.3, 0.4) is 0 Å². The van der Waals surface area contributed by atoms with Gasteiger partial charge in [0.25, 0.3) is 0 Å². The molecule has 1 aliphatic heterocycles. The van der Waals surface area contributed by atoms with E-state index >= 15 is 0 Å². The number of aliphatic hydroxyl groups excluding tert-OH is 1. The fourth-order valence-corrected chi connectivity index (χ4v) is 2.13. The van der Waals surface area contributed by atoms with E-state index in [2.05, 4.69) is 10.6 Å². The molecule has 2 rings (SSSR count). The summed E-state index contributed by atoms with van der Waals surface area (Å²) in [6, 6.07) is 7.62. The summed E-state index contributed by atoms with van der Waals surface area (Å²) in [7, 11) is 0. The molecule has 21 heavy (non-hydrogen) atoms. The molecule has 2 atom stereocenters. The van der Waals surface area contributed by atoms with Crippen LogP contribution in [0.2, 0.25) is 0 Å². The number of carbonyl (C=O) groups is 1. The monoisotopic (exact) mass is 292 g/mol. The molecule has 0 fully saturated rings. The SMILES string of the molecule is CC(C)(C)C(O)CNC(=O)NCC1Cc2ccccc2O1. The summed E-state index contributed by atoms with van der Waals surface area (Å²) >= 11 is 0. The molecule has 1 aromatic carbocycles. The maximum Gasteiger partial charge on any atom is 0.315 e. The number of aliphatic hydroxyl groups is 1. The molecule has 2 unspecified atom stereocenters. The van der Waals surface area contributed by atoms with Crippen LogP contribution in [0, 0.1) is 5.41 Å². The van der Waals surface area contributed by atoms with Crippen LogP contribution in [0.5, 0.6) is 5.75 Å². The Morgan fingerprint density at radius 2 is 2.10 bits per heavy atom. The first kappa shape index (κ1) is 15.6. The van der Waals surface area contributed by atoms with E-state index in [0.29, 0.717) is 6.54 Å². The molecule has 2 amide bonds. The molecule has 0 saturated carbocycles. The summed E-state index contributed by atoms with van der Waals surface area (Å²) in [5.74, 6) is 0.896. The average Bonchev–Trinajstić information content (AvgIpc) is 2.84. The van der Waals surface area contributed by atoms with Crippen molar-refractivity contribution in [2.45, 2.75) is 39.4 Å². The third kappa shape index (κ3) is 4.36. The van der Waals surface area contributed by atoms with Crippen molar-refractivity contribution >= 4 is 6.03 Å². The molecule has 0 bridgehead atoms. The van der Waals surface area contributed by atoms with E-state index in [1.807, 2.05) is 45.0 Å². The van der Waals surface area contributed by atoms with Crippen molar-refractivity contribution in [3.63, 3.8) is 0 Å². The summed E-state index contributed by atoms with van der Waals surface area (Å²) < 4.78 is 5.75. The predicted molar refractivity (Wildman–Crippen MR) is 81.4 cm³/mol. The molecular weight excluding hydrogens is 268 g/mol. The van der Waals surface area contributed by atoms with Crippen LogP contribution >= 0.6 is 0 Å². The van der Waals surface area contributed by atoms with Crippen molar-refractivity contribution in [1.29, 1.82) is 0 Å². The minimum Gasteiger partial charge on any atom is -0.488 e. The van der Waals surface area contributed by atoms with Crippen molar-refractivity contribution in [3.8, 4) is 5.75 Å². The number of hydrogen-bond acceptors (Lipinski definition) is 3. The lowest BCUT2D eigenvalue weighted by atomic mass is 9.89. The number of fused-ring (bicyclic) bond motifs is 1. The number of ether oxygens (including phenoxy) is 1. The summed E-state index contributed by atoms with van der Waals surface area (Å²) in [6.07, 6.45) is 0.206. The molecule has 3 N–H and O–H groups in total. The smallest absolute Gasteiger partial charge is 0.315 e. The van der Waals surface area contributed by atoms with Gasteiger partial charge in [-0.3, -0.25) is 0 Å². The van der Waals surface area contributed by atoms with Crippen LogP contribution in [0.4, 0.5) is 4.79 Å². The number of rotatable bonds is 4. The van der Waals surface area contributed by atoms with Gasteiger partial charge in [-0.1, -0.05) is 39.0 Å². The number of para-hydroxylation sites is 1. The van der Waals surface area contributed by atoms with Crippen LogP contribution in [0.25, 0.3) is 0 Å². The van der Waals surface area contributed by atoms with E-state index in [1.54, 1.807) is 0 Å². The second kappa shape index (κ2) is 6.35. The molecule has 1 heterocycles. The predicted octanol–water partition coefficient (Wildman–Crippen LogP) is 1.70. The number of urea groups is 1. The molecule has 0 radical (unpaired) electrons. The largest absolute Gasteiger partial charge is 0.488 e. The third-order valence-corrected chi connectivity index (χ3v) is 3.66. The Balaban J connectivity index is 1.69. The van der Waals surface area contributed by atoms with Gasteiger partial charge in [-0.25, -0.2) is 4.79 Å². The van der Waals surface area contributed by atoms with E-state index < -0.39 is 6.10 Å². The maximum absolute atomic E-state index is 11.7. The highest BCUT2D eigenvalue weighted by molar-refractivity contribution is 5.73. The number of hydrogen-bond donors (Lipinski definition) is 3. The highest BCUT2D eigenvalue weighted by Crippen LogP contribution is 2.27. The van der Waals surface area contributed by atoms with Gasteiger partial charge in [-0.15, -0.1) is 0 Å². The van der Waals surface area contributed by atoms with E-state index in [1.165, 1.54) is 5.56 Å².